The topological polar surface area (TPSA) is 75.4 Å². The average Bonchev–Trinajstić information content (AvgIpc) is 2.22. The lowest BCUT2D eigenvalue weighted by molar-refractivity contribution is -0.145. The molecule has 0 aromatic carbocycles. The van der Waals surface area contributed by atoms with Gasteiger partial charge in [-0.05, 0) is 18.8 Å². The van der Waals surface area contributed by atoms with Crippen LogP contribution in [0, 0.1) is 5.92 Å². The molecule has 0 bridgehead atoms. The number of primary amides is 1. The molecule has 3 N–H and O–H groups in total. The van der Waals surface area contributed by atoms with E-state index in [4.69, 9.17) is 5.73 Å². The molecule has 1 rings (SSSR count). The number of likely N-dealkylation sites (tertiary alicyclic amines) is 1. The van der Waals surface area contributed by atoms with Gasteiger partial charge in [-0.3, -0.25) is 9.59 Å². The van der Waals surface area contributed by atoms with Crippen LogP contribution in [0.2, 0.25) is 0 Å². The van der Waals surface area contributed by atoms with E-state index in [1.807, 2.05) is 27.7 Å². The number of nitrogens with one attached hydrogen (secondary N) is 1. The van der Waals surface area contributed by atoms with E-state index in [1.165, 1.54) is 0 Å². The summed E-state index contributed by atoms with van der Waals surface area (Å²) in [6.45, 7) is 8.49. The molecule has 1 heterocycles. The molecule has 2 atom stereocenters. The van der Waals surface area contributed by atoms with Crippen LogP contribution in [0.3, 0.4) is 0 Å². The van der Waals surface area contributed by atoms with Crippen molar-refractivity contribution in [3.63, 3.8) is 0 Å². The van der Waals surface area contributed by atoms with E-state index in [0.29, 0.717) is 6.54 Å². The summed E-state index contributed by atoms with van der Waals surface area (Å²) in [6.07, 6.45) is 1.74. The Morgan fingerprint density at radius 3 is 2.44 bits per heavy atom. The number of amides is 2. The van der Waals surface area contributed by atoms with Crippen LogP contribution in [0.15, 0.2) is 0 Å². The van der Waals surface area contributed by atoms with E-state index in [-0.39, 0.29) is 23.9 Å². The molecule has 1 fully saturated rings. The summed E-state index contributed by atoms with van der Waals surface area (Å²) in [5.74, 6) is -0.361. The Kier molecular flexibility index (Phi) is 5.14. The van der Waals surface area contributed by atoms with Crippen LogP contribution in [0.1, 0.15) is 40.5 Å². The molecular weight excluding hydrogens is 230 g/mol. The molecule has 0 aromatic heterocycles. The van der Waals surface area contributed by atoms with Crippen LogP contribution in [0.4, 0.5) is 0 Å². The second-order valence-electron chi connectivity index (χ2n) is 5.64. The molecule has 2 unspecified atom stereocenters. The van der Waals surface area contributed by atoms with Gasteiger partial charge in [-0.15, -0.1) is 0 Å². The Morgan fingerprint density at radius 2 is 2.00 bits per heavy atom. The van der Waals surface area contributed by atoms with E-state index < -0.39 is 11.9 Å². The molecule has 0 aliphatic carbocycles. The first-order valence-corrected chi connectivity index (χ1v) is 6.70. The molecule has 1 saturated heterocycles. The SMILES string of the molecule is CC(C)NC1CCCN(C(C(N)=O)C(C)C)C1=O. The van der Waals surface area contributed by atoms with Gasteiger partial charge in [-0.25, -0.2) is 0 Å². The van der Waals surface area contributed by atoms with Crippen molar-refractivity contribution in [3.05, 3.63) is 0 Å². The summed E-state index contributed by atoms with van der Waals surface area (Å²) in [5.41, 5.74) is 5.42. The Bertz CT molecular complexity index is 315. The minimum Gasteiger partial charge on any atom is -0.368 e. The third-order valence-corrected chi connectivity index (χ3v) is 3.27. The predicted molar refractivity (Wildman–Crippen MR) is 70.8 cm³/mol. The van der Waals surface area contributed by atoms with Crippen molar-refractivity contribution >= 4 is 11.8 Å². The van der Waals surface area contributed by atoms with Gasteiger partial charge in [-0.1, -0.05) is 27.7 Å². The molecule has 0 radical (unpaired) electrons. The van der Waals surface area contributed by atoms with Gasteiger partial charge in [0.25, 0.3) is 0 Å². The third-order valence-electron chi connectivity index (χ3n) is 3.27. The van der Waals surface area contributed by atoms with E-state index in [9.17, 15) is 9.59 Å². The normalized spacial score (nSPS) is 22.7. The molecule has 0 aromatic rings. The van der Waals surface area contributed by atoms with Crippen LogP contribution in [-0.4, -0.2) is 41.4 Å². The number of rotatable bonds is 5. The quantitative estimate of drug-likeness (QED) is 0.750. The molecular formula is C13H25N3O2. The van der Waals surface area contributed by atoms with Crippen molar-refractivity contribution < 1.29 is 9.59 Å². The van der Waals surface area contributed by atoms with E-state index >= 15 is 0 Å². The first-order valence-electron chi connectivity index (χ1n) is 6.70. The molecule has 5 nitrogen and oxygen atoms in total. The lowest BCUT2D eigenvalue weighted by Crippen LogP contribution is -2.59. The van der Waals surface area contributed by atoms with Crippen LogP contribution in [-0.2, 0) is 9.59 Å². The summed E-state index contributed by atoms with van der Waals surface area (Å²) in [5, 5.41) is 3.25. The number of hydrogen-bond acceptors (Lipinski definition) is 3. The van der Waals surface area contributed by atoms with Gasteiger partial charge in [0.1, 0.15) is 6.04 Å². The fourth-order valence-electron chi connectivity index (χ4n) is 2.57. The van der Waals surface area contributed by atoms with E-state index in [1.54, 1.807) is 4.90 Å². The van der Waals surface area contributed by atoms with Crippen LogP contribution < -0.4 is 11.1 Å². The maximum atomic E-state index is 12.4. The van der Waals surface area contributed by atoms with Crippen LogP contribution >= 0.6 is 0 Å². The summed E-state index contributed by atoms with van der Waals surface area (Å²) < 4.78 is 0. The first-order chi connectivity index (χ1) is 8.34. The van der Waals surface area contributed by atoms with E-state index in [2.05, 4.69) is 5.32 Å². The van der Waals surface area contributed by atoms with Crippen molar-refractivity contribution in [1.82, 2.24) is 10.2 Å². The number of piperidine rings is 1. The zero-order valence-electron chi connectivity index (χ0n) is 11.8. The number of nitrogens with zero attached hydrogens (tertiary/aromatic N) is 1. The number of hydrogen-bond donors (Lipinski definition) is 2. The fourth-order valence-corrected chi connectivity index (χ4v) is 2.57. The summed E-state index contributed by atoms with van der Waals surface area (Å²) in [6, 6.07) is -0.418. The second kappa shape index (κ2) is 6.18. The highest BCUT2D eigenvalue weighted by Gasteiger charge is 2.36. The van der Waals surface area contributed by atoms with Crippen molar-refractivity contribution in [2.75, 3.05) is 6.54 Å². The maximum Gasteiger partial charge on any atom is 0.240 e. The highest BCUT2D eigenvalue weighted by Crippen LogP contribution is 2.19. The van der Waals surface area contributed by atoms with Crippen LogP contribution in [0.25, 0.3) is 0 Å². The molecule has 18 heavy (non-hydrogen) atoms. The minimum atomic E-state index is -0.491. The lowest BCUT2D eigenvalue weighted by atomic mass is 9.96. The van der Waals surface area contributed by atoms with Crippen LogP contribution in [0.5, 0.6) is 0 Å². The highest BCUT2D eigenvalue weighted by molar-refractivity contribution is 5.89. The van der Waals surface area contributed by atoms with Gasteiger partial charge >= 0.3 is 0 Å². The molecule has 1 aliphatic rings. The fraction of sp³-hybridized carbons (Fsp3) is 0.846. The van der Waals surface area contributed by atoms with Crippen molar-refractivity contribution in [2.24, 2.45) is 11.7 Å². The van der Waals surface area contributed by atoms with Crippen molar-refractivity contribution in [1.29, 1.82) is 0 Å². The largest absolute Gasteiger partial charge is 0.368 e. The monoisotopic (exact) mass is 255 g/mol. The Morgan fingerprint density at radius 1 is 1.39 bits per heavy atom. The summed E-state index contributed by atoms with van der Waals surface area (Å²) in [4.78, 5) is 25.5. The van der Waals surface area contributed by atoms with Crippen molar-refractivity contribution in [3.8, 4) is 0 Å². The Labute approximate surface area is 109 Å². The molecule has 5 heteroatoms. The maximum absolute atomic E-state index is 12.4. The standard InChI is InChI=1S/C13H25N3O2/c1-8(2)11(12(14)17)16-7-5-6-10(13(16)18)15-9(3)4/h8-11,15H,5-7H2,1-4H3,(H2,14,17). The average molecular weight is 255 g/mol. The number of nitrogens with two attached hydrogens (primary N) is 1. The third kappa shape index (κ3) is 3.45. The second-order valence-corrected chi connectivity index (χ2v) is 5.64. The summed E-state index contributed by atoms with van der Waals surface area (Å²) in [7, 11) is 0. The minimum absolute atomic E-state index is 0.00690. The number of carbonyl (C=O) groups excluding carboxylic acids is 2. The molecule has 1 aliphatic heterocycles. The molecule has 104 valence electrons. The smallest absolute Gasteiger partial charge is 0.240 e. The molecule has 2 amide bonds. The van der Waals surface area contributed by atoms with Gasteiger partial charge in [-0.2, -0.15) is 0 Å². The highest BCUT2D eigenvalue weighted by atomic mass is 16.2. The van der Waals surface area contributed by atoms with Gasteiger partial charge in [0.15, 0.2) is 0 Å². The first kappa shape index (κ1) is 15.0. The zero-order valence-corrected chi connectivity index (χ0v) is 11.8. The molecule has 0 saturated carbocycles. The Balaban J connectivity index is 2.81. The number of carbonyl (C=O) groups is 2. The lowest BCUT2D eigenvalue weighted by Gasteiger charge is -2.39. The predicted octanol–water partition coefficient (Wildman–Crippen LogP) is 0.485. The van der Waals surface area contributed by atoms with Crippen molar-refractivity contribution in [2.45, 2.75) is 58.7 Å². The zero-order chi connectivity index (χ0) is 13.9. The van der Waals surface area contributed by atoms with Gasteiger partial charge < -0.3 is 16.0 Å². The molecule has 0 spiro atoms. The van der Waals surface area contributed by atoms with Gasteiger partial charge in [0.2, 0.25) is 11.8 Å². The van der Waals surface area contributed by atoms with E-state index in [0.717, 1.165) is 12.8 Å². The summed E-state index contributed by atoms with van der Waals surface area (Å²) >= 11 is 0. The van der Waals surface area contributed by atoms with Gasteiger partial charge in [0.05, 0.1) is 6.04 Å². The Hall–Kier alpha value is -1.10. The van der Waals surface area contributed by atoms with Gasteiger partial charge in [0, 0.05) is 12.6 Å².